The molecule has 0 radical (unpaired) electrons. The molecular formula is C11H13N3O4S2. The van der Waals surface area contributed by atoms with Gasteiger partial charge >= 0.3 is 5.22 Å². The van der Waals surface area contributed by atoms with E-state index >= 15 is 0 Å². The largest absolute Gasteiger partial charge is 0.410 e. The van der Waals surface area contributed by atoms with Crippen molar-refractivity contribution in [2.45, 2.75) is 24.6 Å². The lowest BCUT2D eigenvalue weighted by Gasteiger charge is -2.08. The molecule has 0 aliphatic rings. The number of hydrogen-bond donors (Lipinski definition) is 1. The number of sulfone groups is 1. The smallest absolute Gasteiger partial charge is 0.335 e. The first kappa shape index (κ1) is 14.7. The highest BCUT2D eigenvalue weighted by atomic mass is 32.2. The minimum absolute atomic E-state index is 0.0601. The van der Waals surface area contributed by atoms with Crippen LogP contribution in [0.1, 0.15) is 23.7 Å². The number of thiophene rings is 1. The fraction of sp³-hybridized carbons (Fsp3) is 0.364. The Hall–Kier alpha value is -1.74. The van der Waals surface area contributed by atoms with Gasteiger partial charge < -0.3 is 9.73 Å². The number of nitrogens with one attached hydrogen (secondary N) is 1. The zero-order valence-corrected chi connectivity index (χ0v) is 12.5. The molecule has 0 fully saturated rings. The molecule has 2 rings (SSSR count). The normalized spacial score (nSPS) is 13.1. The molecule has 2 aromatic heterocycles. The second-order valence-electron chi connectivity index (χ2n) is 4.22. The predicted octanol–water partition coefficient (Wildman–Crippen LogP) is 0.955. The first-order valence-corrected chi connectivity index (χ1v) is 8.48. The van der Waals surface area contributed by atoms with Gasteiger partial charge in [-0.25, -0.2) is 8.42 Å². The maximum atomic E-state index is 11.8. The summed E-state index contributed by atoms with van der Waals surface area (Å²) in [6.07, 6.45) is 1.24. The summed E-state index contributed by atoms with van der Waals surface area (Å²) in [7, 11) is -3.54. The minimum atomic E-state index is -3.54. The Morgan fingerprint density at radius 3 is 2.80 bits per heavy atom. The Labute approximate surface area is 119 Å². The number of rotatable bonds is 5. The van der Waals surface area contributed by atoms with Crippen LogP contribution in [-0.2, 0) is 21.1 Å². The van der Waals surface area contributed by atoms with E-state index in [0.717, 1.165) is 11.1 Å². The summed E-state index contributed by atoms with van der Waals surface area (Å²) < 4.78 is 27.5. The van der Waals surface area contributed by atoms with Crippen LogP contribution in [0.25, 0.3) is 0 Å². The Morgan fingerprint density at radius 2 is 2.25 bits per heavy atom. The number of amides is 1. The molecule has 7 nitrogen and oxygen atoms in total. The van der Waals surface area contributed by atoms with Gasteiger partial charge in [-0.2, -0.15) is 0 Å². The predicted molar refractivity (Wildman–Crippen MR) is 72.0 cm³/mol. The highest BCUT2D eigenvalue weighted by Gasteiger charge is 2.21. The minimum Gasteiger partial charge on any atom is -0.410 e. The van der Waals surface area contributed by atoms with Crippen LogP contribution in [0.2, 0.25) is 0 Å². The van der Waals surface area contributed by atoms with E-state index in [1.54, 1.807) is 6.92 Å². The molecule has 0 aliphatic carbocycles. The fourth-order valence-corrected chi connectivity index (χ4v) is 2.60. The second kappa shape index (κ2) is 5.71. The first-order chi connectivity index (χ1) is 9.36. The Bertz CT molecular complexity index is 691. The van der Waals surface area contributed by atoms with Crippen LogP contribution in [0.5, 0.6) is 0 Å². The molecule has 20 heavy (non-hydrogen) atoms. The molecule has 0 bridgehead atoms. The summed E-state index contributed by atoms with van der Waals surface area (Å²) in [6, 6.07) is 3.18. The van der Waals surface area contributed by atoms with Gasteiger partial charge in [-0.05, 0) is 18.4 Å². The van der Waals surface area contributed by atoms with Gasteiger partial charge in [0.15, 0.2) is 0 Å². The van der Waals surface area contributed by atoms with Crippen molar-refractivity contribution in [1.29, 1.82) is 0 Å². The molecule has 1 amide bonds. The van der Waals surface area contributed by atoms with Crippen molar-refractivity contribution in [2.75, 3.05) is 6.26 Å². The van der Waals surface area contributed by atoms with Gasteiger partial charge in [0.25, 0.3) is 0 Å². The van der Waals surface area contributed by atoms with Crippen molar-refractivity contribution < 1.29 is 17.6 Å². The number of carbonyl (C=O) groups is 1. The molecule has 0 saturated carbocycles. The molecule has 2 aromatic rings. The maximum absolute atomic E-state index is 11.8. The quantitative estimate of drug-likeness (QED) is 0.881. The molecule has 108 valence electrons. The molecular weight excluding hydrogens is 302 g/mol. The average Bonchev–Trinajstić information content (AvgIpc) is 2.97. The summed E-state index contributed by atoms with van der Waals surface area (Å²) in [4.78, 5) is 12.7. The van der Waals surface area contributed by atoms with E-state index in [2.05, 4.69) is 15.5 Å². The van der Waals surface area contributed by atoms with E-state index in [1.165, 1.54) is 11.3 Å². The van der Waals surface area contributed by atoms with E-state index in [1.807, 2.05) is 17.5 Å². The number of aromatic nitrogens is 2. The lowest BCUT2D eigenvalue weighted by atomic mass is 10.3. The second-order valence-corrected chi connectivity index (χ2v) is 7.15. The lowest BCUT2D eigenvalue weighted by Crippen LogP contribution is -2.28. The van der Waals surface area contributed by atoms with Crippen molar-refractivity contribution in [3.63, 3.8) is 0 Å². The van der Waals surface area contributed by atoms with Crippen LogP contribution in [0.3, 0.4) is 0 Å². The van der Waals surface area contributed by atoms with Gasteiger partial charge in [0.1, 0.15) is 6.04 Å². The number of nitrogens with zero attached hydrogens (tertiary/aromatic N) is 2. The number of hydrogen-bond acceptors (Lipinski definition) is 7. The van der Waals surface area contributed by atoms with Gasteiger partial charge in [0.05, 0.1) is 6.42 Å². The summed E-state index contributed by atoms with van der Waals surface area (Å²) in [6.45, 7) is 1.64. The molecule has 2 heterocycles. The molecule has 0 aliphatic heterocycles. The van der Waals surface area contributed by atoms with Crippen LogP contribution < -0.4 is 5.32 Å². The molecule has 1 N–H and O–H groups in total. The Balaban J connectivity index is 1.99. The highest BCUT2D eigenvalue weighted by molar-refractivity contribution is 7.90. The van der Waals surface area contributed by atoms with E-state index in [-0.39, 0.29) is 18.2 Å². The molecule has 0 aromatic carbocycles. The summed E-state index contributed by atoms with van der Waals surface area (Å²) in [5, 5.41) is 11.2. The maximum Gasteiger partial charge on any atom is 0.335 e. The van der Waals surface area contributed by atoms with E-state index in [0.29, 0.717) is 0 Å². The van der Waals surface area contributed by atoms with Gasteiger partial charge in [-0.3, -0.25) is 4.79 Å². The van der Waals surface area contributed by atoms with Crippen LogP contribution in [-0.4, -0.2) is 30.8 Å². The van der Waals surface area contributed by atoms with Crippen molar-refractivity contribution in [2.24, 2.45) is 0 Å². The fourth-order valence-electron chi connectivity index (χ4n) is 1.47. The van der Waals surface area contributed by atoms with E-state index in [9.17, 15) is 13.2 Å². The third-order valence-corrected chi connectivity index (χ3v) is 4.08. The third-order valence-electron chi connectivity index (χ3n) is 2.40. The summed E-state index contributed by atoms with van der Waals surface area (Å²) in [5.41, 5.74) is 0. The van der Waals surface area contributed by atoms with Crippen LogP contribution in [0.4, 0.5) is 0 Å². The van der Waals surface area contributed by atoms with Crippen molar-refractivity contribution >= 4 is 27.1 Å². The average molecular weight is 315 g/mol. The van der Waals surface area contributed by atoms with Gasteiger partial charge in [0, 0.05) is 11.1 Å². The molecule has 0 saturated heterocycles. The SMILES string of the molecule is C[C@H](NC(=O)Cc1cccs1)c1nnc(S(C)(=O)=O)o1. The van der Waals surface area contributed by atoms with Gasteiger partial charge in [-0.1, -0.05) is 11.2 Å². The summed E-state index contributed by atoms with van der Waals surface area (Å²) in [5.74, 6) is -0.135. The number of carbonyl (C=O) groups excluding carboxylic acids is 1. The molecule has 1 atom stereocenters. The first-order valence-electron chi connectivity index (χ1n) is 5.71. The Kier molecular flexibility index (Phi) is 4.19. The standard InChI is InChI=1S/C11H13N3O4S2/c1-7(10-13-14-11(18-10)20(2,16)17)12-9(15)6-8-4-3-5-19-8/h3-5,7H,6H2,1-2H3,(H,12,15)/t7-/m0/s1. The highest BCUT2D eigenvalue weighted by Crippen LogP contribution is 2.15. The van der Waals surface area contributed by atoms with Crippen LogP contribution >= 0.6 is 11.3 Å². The van der Waals surface area contributed by atoms with Gasteiger partial charge in [-0.15, -0.1) is 16.4 Å². The zero-order valence-electron chi connectivity index (χ0n) is 10.9. The van der Waals surface area contributed by atoms with Gasteiger partial charge in [0.2, 0.25) is 21.6 Å². The van der Waals surface area contributed by atoms with Crippen LogP contribution in [0.15, 0.2) is 27.2 Å². The van der Waals surface area contributed by atoms with Crippen molar-refractivity contribution in [1.82, 2.24) is 15.5 Å². The molecule has 9 heteroatoms. The van der Waals surface area contributed by atoms with Crippen LogP contribution in [0, 0.1) is 0 Å². The third kappa shape index (κ3) is 3.64. The molecule has 0 unspecified atom stereocenters. The zero-order chi connectivity index (χ0) is 14.8. The van der Waals surface area contributed by atoms with Crippen molar-refractivity contribution in [3.8, 4) is 0 Å². The van der Waals surface area contributed by atoms with Crippen molar-refractivity contribution in [3.05, 3.63) is 28.3 Å². The Morgan fingerprint density at radius 1 is 1.50 bits per heavy atom. The van der Waals surface area contributed by atoms with E-state index in [4.69, 9.17) is 4.42 Å². The summed E-state index contributed by atoms with van der Waals surface area (Å²) >= 11 is 1.49. The topological polar surface area (TPSA) is 102 Å². The monoisotopic (exact) mass is 315 g/mol. The lowest BCUT2D eigenvalue weighted by molar-refractivity contribution is -0.121. The van der Waals surface area contributed by atoms with E-state index < -0.39 is 21.1 Å². The molecule has 0 spiro atoms.